The fourth-order valence-electron chi connectivity index (χ4n) is 0.713. The fourth-order valence-corrected chi connectivity index (χ4v) is 1.65. The van der Waals surface area contributed by atoms with Gasteiger partial charge in [0.2, 0.25) is 0 Å². The summed E-state index contributed by atoms with van der Waals surface area (Å²) in [5.74, 6) is 0.991. The third-order valence-corrected chi connectivity index (χ3v) is 2.49. The predicted octanol–water partition coefficient (Wildman–Crippen LogP) is 2.15. The van der Waals surface area contributed by atoms with Gasteiger partial charge in [0.25, 0.3) is 0 Å². The zero-order valence-corrected chi connectivity index (χ0v) is 8.53. The molecule has 0 unspecified atom stereocenters. The maximum absolute atomic E-state index is 7.02. The molecule has 1 aromatic heterocycles. The van der Waals surface area contributed by atoms with Crippen molar-refractivity contribution in [2.24, 2.45) is 5.73 Å². The first-order chi connectivity index (χ1) is 6.18. The number of nitrogens with zero attached hydrogens (tertiary/aromatic N) is 1. The molecule has 1 aromatic rings. The Kier molecular flexibility index (Phi) is 4.05. The van der Waals surface area contributed by atoms with E-state index in [1.54, 1.807) is 24.0 Å². The Morgan fingerprint density at radius 1 is 1.62 bits per heavy atom. The maximum atomic E-state index is 7.02. The average molecular weight is 216 g/mol. The Morgan fingerprint density at radius 2 is 2.38 bits per heavy atom. The fraction of sp³-hybridized carbons (Fsp3) is 0.250. The molecule has 3 N–H and O–H groups in total. The normalized spacial score (nSPS) is 9.92. The molecule has 1 heterocycles. The minimum Gasteiger partial charge on any atom is -0.388 e. The van der Waals surface area contributed by atoms with Gasteiger partial charge in [0, 0.05) is 18.4 Å². The highest BCUT2D eigenvalue weighted by Gasteiger charge is 1.96. The maximum Gasteiger partial charge on any atom is 0.0961 e. The van der Waals surface area contributed by atoms with Crippen molar-refractivity contribution >= 4 is 29.2 Å². The monoisotopic (exact) mass is 215 g/mol. The van der Waals surface area contributed by atoms with Gasteiger partial charge in [-0.3, -0.25) is 5.41 Å². The topological polar surface area (TPSA) is 62.8 Å². The van der Waals surface area contributed by atoms with Crippen molar-refractivity contribution in [3.05, 3.63) is 23.4 Å². The summed E-state index contributed by atoms with van der Waals surface area (Å²) in [5.41, 5.74) is 5.21. The highest BCUT2D eigenvalue weighted by atomic mass is 35.5. The van der Waals surface area contributed by atoms with Crippen molar-refractivity contribution in [3.63, 3.8) is 0 Å². The van der Waals surface area contributed by atoms with E-state index < -0.39 is 0 Å². The smallest absolute Gasteiger partial charge is 0.0961 e. The molecule has 0 saturated heterocycles. The van der Waals surface area contributed by atoms with Gasteiger partial charge in [-0.2, -0.15) is 0 Å². The molecule has 1 rings (SSSR count). The van der Waals surface area contributed by atoms with E-state index in [0.717, 1.165) is 10.8 Å². The van der Waals surface area contributed by atoms with Gasteiger partial charge in [0.1, 0.15) is 0 Å². The SMILES string of the molecule is N=C(N)CCSc1ccc(Cl)cn1. The van der Waals surface area contributed by atoms with Crippen LogP contribution in [0.1, 0.15) is 6.42 Å². The quantitative estimate of drug-likeness (QED) is 0.460. The summed E-state index contributed by atoms with van der Waals surface area (Å²) in [5, 5.41) is 8.56. The Morgan fingerprint density at radius 3 is 2.92 bits per heavy atom. The lowest BCUT2D eigenvalue weighted by molar-refractivity contribution is 1.12. The number of rotatable bonds is 4. The summed E-state index contributed by atoms with van der Waals surface area (Å²) in [6.07, 6.45) is 2.20. The first-order valence-electron chi connectivity index (χ1n) is 3.76. The number of nitrogens with one attached hydrogen (secondary N) is 1. The van der Waals surface area contributed by atoms with Crippen LogP contribution >= 0.6 is 23.4 Å². The number of hydrogen-bond donors (Lipinski definition) is 2. The van der Waals surface area contributed by atoms with Gasteiger partial charge in [0.05, 0.1) is 15.9 Å². The Balaban J connectivity index is 2.37. The van der Waals surface area contributed by atoms with E-state index in [2.05, 4.69) is 4.98 Å². The molecule has 0 aliphatic rings. The van der Waals surface area contributed by atoms with E-state index >= 15 is 0 Å². The molecule has 13 heavy (non-hydrogen) atoms. The van der Waals surface area contributed by atoms with Crippen LogP contribution in [0.3, 0.4) is 0 Å². The van der Waals surface area contributed by atoms with Crippen molar-refractivity contribution in [1.82, 2.24) is 4.98 Å². The summed E-state index contributed by atoms with van der Waals surface area (Å²) in [6, 6.07) is 3.65. The van der Waals surface area contributed by atoms with Gasteiger partial charge in [-0.1, -0.05) is 11.6 Å². The van der Waals surface area contributed by atoms with Gasteiger partial charge in [-0.05, 0) is 12.1 Å². The summed E-state index contributed by atoms with van der Waals surface area (Å²) < 4.78 is 0. The zero-order chi connectivity index (χ0) is 9.68. The third-order valence-electron chi connectivity index (χ3n) is 1.32. The second kappa shape index (κ2) is 5.09. The van der Waals surface area contributed by atoms with E-state index in [4.69, 9.17) is 22.7 Å². The largest absolute Gasteiger partial charge is 0.388 e. The van der Waals surface area contributed by atoms with E-state index in [1.807, 2.05) is 6.07 Å². The van der Waals surface area contributed by atoms with Crippen LogP contribution in [0.2, 0.25) is 5.02 Å². The minimum atomic E-state index is 0.210. The Labute approximate surface area is 86.2 Å². The molecule has 0 bridgehead atoms. The number of pyridine rings is 1. The molecule has 0 atom stereocenters. The average Bonchev–Trinajstić information content (AvgIpc) is 2.08. The second-order valence-corrected chi connectivity index (χ2v) is 3.99. The van der Waals surface area contributed by atoms with Crippen molar-refractivity contribution in [2.45, 2.75) is 11.4 Å². The van der Waals surface area contributed by atoms with Crippen LogP contribution in [0.15, 0.2) is 23.4 Å². The summed E-state index contributed by atoms with van der Waals surface area (Å²) in [7, 11) is 0. The first kappa shape index (κ1) is 10.3. The van der Waals surface area contributed by atoms with Crippen molar-refractivity contribution in [3.8, 4) is 0 Å². The van der Waals surface area contributed by atoms with E-state index in [-0.39, 0.29) is 5.84 Å². The first-order valence-corrected chi connectivity index (χ1v) is 5.12. The van der Waals surface area contributed by atoms with Gasteiger partial charge in [0.15, 0.2) is 0 Å². The van der Waals surface area contributed by atoms with E-state index in [1.165, 1.54) is 0 Å². The van der Waals surface area contributed by atoms with Crippen LogP contribution in [-0.2, 0) is 0 Å². The lowest BCUT2D eigenvalue weighted by Crippen LogP contribution is -2.09. The van der Waals surface area contributed by atoms with Gasteiger partial charge in [-0.25, -0.2) is 4.98 Å². The van der Waals surface area contributed by atoms with Crippen LogP contribution in [-0.4, -0.2) is 16.6 Å². The Hall–Kier alpha value is -0.740. The molecule has 0 aromatic carbocycles. The molecular weight excluding hydrogens is 206 g/mol. The predicted molar refractivity (Wildman–Crippen MR) is 56.5 cm³/mol. The van der Waals surface area contributed by atoms with Crippen molar-refractivity contribution in [2.75, 3.05) is 5.75 Å². The molecule has 0 aliphatic heterocycles. The zero-order valence-electron chi connectivity index (χ0n) is 6.96. The van der Waals surface area contributed by atoms with Gasteiger partial charge >= 0.3 is 0 Å². The summed E-state index contributed by atoms with van der Waals surface area (Å²) in [4.78, 5) is 4.09. The van der Waals surface area contributed by atoms with Crippen LogP contribution in [0, 0.1) is 5.41 Å². The number of aromatic nitrogens is 1. The van der Waals surface area contributed by atoms with Crippen molar-refractivity contribution < 1.29 is 0 Å². The molecule has 0 amide bonds. The van der Waals surface area contributed by atoms with Crippen molar-refractivity contribution in [1.29, 1.82) is 5.41 Å². The molecule has 0 aliphatic carbocycles. The Bertz CT molecular complexity index is 286. The van der Waals surface area contributed by atoms with Crippen LogP contribution in [0.5, 0.6) is 0 Å². The summed E-state index contributed by atoms with van der Waals surface area (Å²) in [6.45, 7) is 0. The number of halogens is 1. The number of nitrogens with two attached hydrogens (primary N) is 1. The molecule has 0 saturated carbocycles. The molecule has 70 valence electrons. The number of thioether (sulfide) groups is 1. The molecule has 3 nitrogen and oxygen atoms in total. The standard InChI is InChI=1S/C8H10ClN3S/c9-6-1-2-8(12-5-6)13-4-3-7(10)11/h1-2,5H,3-4H2,(H3,10,11). The lowest BCUT2D eigenvalue weighted by atomic mass is 10.5. The molecule has 0 fully saturated rings. The second-order valence-electron chi connectivity index (χ2n) is 2.44. The lowest BCUT2D eigenvalue weighted by Gasteiger charge is -1.99. The molecule has 0 radical (unpaired) electrons. The molecular formula is C8H10ClN3S. The number of hydrogen-bond acceptors (Lipinski definition) is 3. The van der Waals surface area contributed by atoms with Gasteiger partial charge in [-0.15, -0.1) is 11.8 Å². The summed E-state index contributed by atoms with van der Waals surface area (Å²) >= 11 is 7.24. The van der Waals surface area contributed by atoms with Crippen LogP contribution in [0.4, 0.5) is 0 Å². The highest BCUT2D eigenvalue weighted by Crippen LogP contribution is 2.17. The van der Waals surface area contributed by atoms with E-state index in [9.17, 15) is 0 Å². The highest BCUT2D eigenvalue weighted by molar-refractivity contribution is 7.99. The molecule has 0 spiro atoms. The van der Waals surface area contributed by atoms with E-state index in [0.29, 0.717) is 11.4 Å². The van der Waals surface area contributed by atoms with Crippen LogP contribution < -0.4 is 5.73 Å². The molecule has 5 heteroatoms. The number of amidine groups is 1. The van der Waals surface area contributed by atoms with Gasteiger partial charge < -0.3 is 5.73 Å². The third kappa shape index (κ3) is 4.15. The minimum absolute atomic E-state index is 0.210. The van der Waals surface area contributed by atoms with Crippen LogP contribution in [0.25, 0.3) is 0 Å².